The summed E-state index contributed by atoms with van der Waals surface area (Å²) in [6, 6.07) is 12.9. The number of thiocarbonyl (C=S) groups is 1. The van der Waals surface area contributed by atoms with Gasteiger partial charge in [0, 0.05) is 10.6 Å². The first kappa shape index (κ1) is 17.5. The number of thioether (sulfide) groups is 1. The Morgan fingerprint density at radius 3 is 2.72 bits per heavy atom. The topological polar surface area (TPSA) is 69.6 Å². The number of nitrogens with zero attached hydrogens (tertiary/aromatic N) is 1. The second-order valence-corrected chi connectivity index (χ2v) is 7.11. The molecule has 2 aromatic carbocycles. The van der Waals surface area contributed by atoms with Crippen LogP contribution in [0.4, 0.5) is 0 Å². The van der Waals surface area contributed by atoms with Crippen molar-refractivity contribution in [3.63, 3.8) is 0 Å². The van der Waals surface area contributed by atoms with Crippen LogP contribution in [0.15, 0.2) is 53.4 Å². The molecule has 2 aromatic rings. The van der Waals surface area contributed by atoms with Crippen molar-refractivity contribution in [1.29, 1.82) is 0 Å². The Morgan fingerprint density at radius 2 is 2.00 bits per heavy atom. The molecule has 25 heavy (non-hydrogen) atoms. The molecule has 8 heteroatoms. The van der Waals surface area contributed by atoms with Gasteiger partial charge in [-0.2, -0.15) is 5.01 Å². The molecule has 2 amide bonds. The van der Waals surface area contributed by atoms with Gasteiger partial charge in [-0.25, -0.2) is 0 Å². The van der Waals surface area contributed by atoms with Gasteiger partial charge >= 0.3 is 0 Å². The monoisotopic (exact) mass is 390 g/mol. The molecule has 2 N–H and O–H groups in total. The fourth-order valence-corrected chi connectivity index (χ4v) is 3.47. The zero-order chi connectivity index (χ0) is 18.0. The van der Waals surface area contributed by atoms with Crippen LogP contribution in [0.25, 0.3) is 6.08 Å². The molecule has 0 atom stereocenters. The molecule has 0 bridgehead atoms. The van der Waals surface area contributed by atoms with Crippen molar-refractivity contribution < 1.29 is 14.7 Å². The number of nitrogens with one attached hydrogen (secondary N) is 1. The maximum atomic E-state index is 12.5. The zero-order valence-corrected chi connectivity index (χ0v) is 15.0. The van der Waals surface area contributed by atoms with Crippen molar-refractivity contribution in [2.45, 2.75) is 0 Å². The molecule has 5 nitrogen and oxygen atoms in total. The number of halogens is 1. The maximum Gasteiger partial charge on any atom is 0.285 e. The van der Waals surface area contributed by atoms with Crippen molar-refractivity contribution in [2.75, 3.05) is 0 Å². The lowest BCUT2D eigenvalue weighted by atomic mass is 10.2. The van der Waals surface area contributed by atoms with Crippen LogP contribution in [0.3, 0.4) is 0 Å². The Hall–Kier alpha value is -2.35. The van der Waals surface area contributed by atoms with Crippen molar-refractivity contribution in [2.24, 2.45) is 0 Å². The molecule has 0 spiro atoms. The Balaban J connectivity index is 1.80. The van der Waals surface area contributed by atoms with Gasteiger partial charge in [-0.1, -0.05) is 47.6 Å². The van der Waals surface area contributed by atoms with Crippen LogP contribution in [-0.4, -0.2) is 26.3 Å². The van der Waals surface area contributed by atoms with E-state index in [0.29, 0.717) is 15.5 Å². The lowest BCUT2D eigenvalue weighted by Crippen LogP contribution is -2.44. The second kappa shape index (κ2) is 7.26. The summed E-state index contributed by atoms with van der Waals surface area (Å²) in [6.45, 7) is 0. The van der Waals surface area contributed by atoms with E-state index in [-0.39, 0.29) is 15.6 Å². The van der Waals surface area contributed by atoms with E-state index >= 15 is 0 Å². The Labute approximate surface area is 158 Å². The number of rotatable bonds is 3. The average Bonchev–Trinajstić information content (AvgIpc) is 2.84. The number of hydrogen-bond donors (Lipinski definition) is 2. The molecule has 126 valence electrons. The predicted molar refractivity (Wildman–Crippen MR) is 102 cm³/mol. The third kappa shape index (κ3) is 3.84. The van der Waals surface area contributed by atoms with E-state index in [2.05, 4.69) is 5.43 Å². The SMILES string of the molecule is O=C(NN1C(=O)/C(=C/c2ccccc2Cl)SC1=S)c1cccc(O)c1. The Kier molecular flexibility index (Phi) is 5.08. The molecule has 1 aliphatic rings. The van der Waals surface area contributed by atoms with Gasteiger partial charge in [0.05, 0.1) is 4.91 Å². The molecule has 1 heterocycles. The van der Waals surface area contributed by atoms with E-state index in [1.165, 1.54) is 24.3 Å². The van der Waals surface area contributed by atoms with Gasteiger partial charge in [-0.05, 0) is 48.1 Å². The van der Waals surface area contributed by atoms with E-state index in [1.54, 1.807) is 24.3 Å². The van der Waals surface area contributed by atoms with Gasteiger partial charge in [-0.15, -0.1) is 0 Å². The molecule has 0 aliphatic carbocycles. The van der Waals surface area contributed by atoms with Crippen LogP contribution >= 0.6 is 35.6 Å². The standard InChI is InChI=1S/C17H11ClN2O3S2/c18-13-7-2-1-4-10(13)9-14-16(23)20(17(24)25-14)19-15(22)11-5-3-6-12(21)8-11/h1-9,21H,(H,19,22)/b14-9-. The molecule has 0 radical (unpaired) electrons. The summed E-state index contributed by atoms with van der Waals surface area (Å²) in [7, 11) is 0. The number of hydrazine groups is 1. The normalized spacial score (nSPS) is 15.7. The van der Waals surface area contributed by atoms with Gasteiger partial charge in [0.1, 0.15) is 5.75 Å². The van der Waals surface area contributed by atoms with E-state index < -0.39 is 11.8 Å². The number of hydrogen-bond acceptors (Lipinski definition) is 5. The highest BCUT2D eigenvalue weighted by molar-refractivity contribution is 8.26. The summed E-state index contributed by atoms with van der Waals surface area (Å²) < 4.78 is 0.205. The van der Waals surface area contributed by atoms with Gasteiger partial charge < -0.3 is 5.11 Å². The van der Waals surface area contributed by atoms with Crippen LogP contribution in [0.5, 0.6) is 5.75 Å². The Morgan fingerprint density at radius 1 is 1.24 bits per heavy atom. The van der Waals surface area contributed by atoms with Crippen molar-refractivity contribution in [1.82, 2.24) is 10.4 Å². The van der Waals surface area contributed by atoms with E-state index in [0.717, 1.165) is 16.8 Å². The summed E-state index contributed by atoms with van der Waals surface area (Å²) in [5, 5.41) is 11.0. The summed E-state index contributed by atoms with van der Waals surface area (Å²) in [5.41, 5.74) is 3.35. The number of phenols is 1. The number of aromatic hydroxyl groups is 1. The van der Waals surface area contributed by atoms with E-state index in [1.807, 2.05) is 6.07 Å². The van der Waals surface area contributed by atoms with Crippen LogP contribution < -0.4 is 5.43 Å². The molecule has 0 unspecified atom stereocenters. The van der Waals surface area contributed by atoms with Crippen LogP contribution in [0.2, 0.25) is 5.02 Å². The first-order valence-corrected chi connectivity index (χ1v) is 8.68. The first-order valence-electron chi connectivity index (χ1n) is 7.08. The molecule has 3 rings (SSSR count). The number of carbonyl (C=O) groups is 2. The smallest absolute Gasteiger partial charge is 0.285 e. The molecule has 1 fully saturated rings. The van der Waals surface area contributed by atoms with Crippen LogP contribution in [0.1, 0.15) is 15.9 Å². The molecular weight excluding hydrogens is 380 g/mol. The van der Waals surface area contributed by atoms with Crippen molar-refractivity contribution >= 4 is 57.8 Å². The predicted octanol–water partition coefficient (Wildman–Crippen LogP) is 3.59. The quantitative estimate of drug-likeness (QED) is 0.619. The molecule has 0 aromatic heterocycles. The number of carbonyl (C=O) groups excluding carboxylic acids is 2. The first-order chi connectivity index (χ1) is 12.0. The van der Waals surface area contributed by atoms with Gasteiger partial charge in [0.25, 0.3) is 11.8 Å². The zero-order valence-electron chi connectivity index (χ0n) is 12.6. The van der Waals surface area contributed by atoms with Gasteiger partial charge in [0.2, 0.25) is 0 Å². The lowest BCUT2D eigenvalue weighted by molar-refractivity contribution is -0.123. The number of phenolic OH excluding ortho intramolecular Hbond substituents is 1. The molecular formula is C17H11ClN2O3S2. The molecule has 1 aliphatic heterocycles. The summed E-state index contributed by atoms with van der Waals surface area (Å²) in [4.78, 5) is 25.1. The highest BCUT2D eigenvalue weighted by atomic mass is 35.5. The average molecular weight is 391 g/mol. The highest BCUT2D eigenvalue weighted by Crippen LogP contribution is 2.32. The van der Waals surface area contributed by atoms with Crippen molar-refractivity contribution in [3.8, 4) is 5.75 Å². The minimum absolute atomic E-state index is 0.0448. The fraction of sp³-hybridized carbons (Fsp3) is 0. The molecule has 1 saturated heterocycles. The maximum absolute atomic E-state index is 12.5. The Bertz CT molecular complexity index is 914. The third-order valence-corrected chi connectivity index (χ3v) is 4.95. The third-order valence-electron chi connectivity index (χ3n) is 3.31. The number of benzene rings is 2. The summed E-state index contributed by atoms with van der Waals surface area (Å²) in [5.74, 6) is -1.04. The van der Waals surface area contributed by atoms with Crippen LogP contribution in [0, 0.1) is 0 Å². The number of amides is 2. The largest absolute Gasteiger partial charge is 0.508 e. The fourth-order valence-electron chi connectivity index (χ4n) is 2.11. The summed E-state index contributed by atoms with van der Waals surface area (Å²) in [6.07, 6.45) is 1.63. The van der Waals surface area contributed by atoms with Crippen molar-refractivity contribution in [3.05, 3.63) is 69.6 Å². The lowest BCUT2D eigenvalue weighted by Gasteiger charge is -2.15. The van der Waals surface area contributed by atoms with E-state index in [4.69, 9.17) is 23.8 Å². The second-order valence-electron chi connectivity index (χ2n) is 5.03. The van der Waals surface area contributed by atoms with E-state index in [9.17, 15) is 14.7 Å². The summed E-state index contributed by atoms with van der Waals surface area (Å²) >= 11 is 12.3. The van der Waals surface area contributed by atoms with Gasteiger partial charge in [0.15, 0.2) is 4.32 Å². The minimum Gasteiger partial charge on any atom is -0.508 e. The minimum atomic E-state index is -0.550. The molecule has 0 saturated carbocycles. The van der Waals surface area contributed by atoms with Crippen LogP contribution in [-0.2, 0) is 4.79 Å². The van der Waals surface area contributed by atoms with Gasteiger partial charge in [-0.3, -0.25) is 15.0 Å². The highest BCUT2D eigenvalue weighted by Gasteiger charge is 2.33.